The normalized spacial score (nSPS) is 10.9. The van der Waals surface area contributed by atoms with Crippen LogP contribution in [0.5, 0.6) is 11.5 Å². The van der Waals surface area contributed by atoms with Crippen molar-refractivity contribution in [3.8, 4) is 11.5 Å². The fourth-order valence-corrected chi connectivity index (χ4v) is 4.38. The number of benzene rings is 3. The molecule has 3 aromatic carbocycles. The van der Waals surface area contributed by atoms with Gasteiger partial charge in [-0.25, -0.2) is 4.79 Å². The molecule has 0 saturated carbocycles. The smallest absolute Gasteiger partial charge is 0.352 e. The highest BCUT2D eigenvalue weighted by molar-refractivity contribution is 5.98. The van der Waals surface area contributed by atoms with Crippen LogP contribution in [0.4, 0.5) is 0 Å². The van der Waals surface area contributed by atoms with Crippen LogP contribution in [-0.2, 0) is 19.6 Å². The number of aromatic nitrogens is 1. The summed E-state index contributed by atoms with van der Waals surface area (Å²) in [5.74, 6) is 0.495. The van der Waals surface area contributed by atoms with Crippen LogP contribution in [0.2, 0.25) is 0 Å². The standard InChI is InChI=1S/C29H30N2O4/c1-5-20-7-9-21(10-8-20)18-31-26-14-19(2)6-13-24(26)25(28(31)29(32)33)17-30-16-22-11-12-23(34-3)15-27(22)35-4/h5-15,30H,1,16-18H2,2-4H3,(H,32,33). The largest absolute Gasteiger partial charge is 0.497 e. The number of hydrogen-bond acceptors (Lipinski definition) is 4. The van der Waals surface area contributed by atoms with Gasteiger partial charge in [-0.15, -0.1) is 0 Å². The lowest BCUT2D eigenvalue weighted by atomic mass is 10.1. The Balaban J connectivity index is 1.69. The molecule has 35 heavy (non-hydrogen) atoms. The number of hydrogen-bond donors (Lipinski definition) is 2. The van der Waals surface area contributed by atoms with Crippen LogP contribution in [0.1, 0.15) is 38.3 Å². The van der Waals surface area contributed by atoms with Crippen LogP contribution in [0.15, 0.2) is 67.2 Å². The second-order valence-electron chi connectivity index (χ2n) is 8.47. The van der Waals surface area contributed by atoms with Crippen LogP contribution in [-0.4, -0.2) is 29.9 Å². The van der Waals surface area contributed by atoms with E-state index in [1.165, 1.54) is 0 Å². The molecule has 0 spiro atoms. The van der Waals surface area contributed by atoms with E-state index < -0.39 is 5.97 Å². The Hall–Kier alpha value is -4.03. The number of nitrogens with one attached hydrogen (secondary N) is 1. The van der Waals surface area contributed by atoms with Crippen LogP contribution in [0, 0.1) is 6.92 Å². The quantitative estimate of drug-likeness (QED) is 0.314. The topological polar surface area (TPSA) is 72.7 Å². The van der Waals surface area contributed by atoms with Crippen molar-refractivity contribution >= 4 is 22.9 Å². The van der Waals surface area contributed by atoms with Crippen molar-refractivity contribution in [2.45, 2.75) is 26.6 Å². The highest BCUT2D eigenvalue weighted by atomic mass is 16.5. The Morgan fingerprint density at radius 1 is 1.03 bits per heavy atom. The van der Waals surface area contributed by atoms with Gasteiger partial charge >= 0.3 is 5.97 Å². The van der Waals surface area contributed by atoms with Crippen LogP contribution in [0.3, 0.4) is 0 Å². The molecule has 0 saturated heterocycles. The van der Waals surface area contributed by atoms with Gasteiger partial charge in [0.2, 0.25) is 0 Å². The van der Waals surface area contributed by atoms with Gasteiger partial charge in [0.1, 0.15) is 17.2 Å². The van der Waals surface area contributed by atoms with Crippen LogP contribution >= 0.6 is 0 Å². The zero-order chi connectivity index (χ0) is 24.9. The average Bonchev–Trinajstić information content (AvgIpc) is 3.17. The zero-order valence-corrected chi connectivity index (χ0v) is 20.3. The summed E-state index contributed by atoms with van der Waals surface area (Å²) in [6.45, 7) is 7.21. The van der Waals surface area contributed by atoms with E-state index in [0.29, 0.717) is 25.3 Å². The minimum Gasteiger partial charge on any atom is -0.497 e. The zero-order valence-electron chi connectivity index (χ0n) is 20.3. The van der Waals surface area contributed by atoms with E-state index in [9.17, 15) is 9.90 Å². The Labute approximate surface area is 205 Å². The van der Waals surface area contributed by atoms with Crippen molar-refractivity contribution in [1.29, 1.82) is 0 Å². The summed E-state index contributed by atoms with van der Waals surface area (Å²) < 4.78 is 12.7. The molecule has 0 aliphatic heterocycles. The Bertz CT molecular complexity index is 1370. The van der Waals surface area contributed by atoms with Crippen molar-refractivity contribution < 1.29 is 19.4 Å². The minimum atomic E-state index is -0.944. The van der Waals surface area contributed by atoms with Crippen molar-refractivity contribution in [1.82, 2.24) is 9.88 Å². The lowest BCUT2D eigenvalue weighted by molar-refractivity contribution is 0.0684. The van der Waals surface area contributed by atoms with Gasteiger partial charge in [0.15, 0.2) is 0 Å². The highest BCUT2D eigenvalue weighted by Gasteiger charge is 2.22. The molecule has 0 unspecified atom stereocenters. The molecule has 0 bridgehead atoms. The molecule has 0 amide bonds. The molecule has 6 nitrogen and oxygen atoms in total. The molecule has 0 aliphatic carbocycles. The van der Waals surface area contributed by atoms with Gasteiger partial charge in [0.05, 0.1) is 14.2 Å². The lowest BCUT2D eigenvalue weighted by Crippen LogP contribution is -2.17. The van der Waals surface area contributed by atoms with E-state index in [1.54, 1.807) is 20.3 Å². The second kappa shape index (κ2) is 10.5. The van der Waals surface area contributed by atoms with Crippen molar-refractivity contribution in [3.05, 3.63) is 101 Å². The lowest BCUT2D eigenvalue weighted by Gasteiger charge is -2.12. The third-order valence-corrected chi connectivity index (χ3v) is 6.20. The maximum Gasteiger partial charge on any atom is 0.352 e. The Morgan fingerprint density at radius 3 is 2.46 bits per heavy atom. The Morgan fingerprint density at radius 2 is 1.80 bits per heavy atom. The molecular formula is C29H30N2O4. The number of methoxy groups -OCH3 is 2. The summed E-state index contributed by atoms with van der Waals surface area (Å²) >= 11 is 0. The van der Waals surface area contributed by atoms with E-state index in [2.05, 4.69) is 18.0 Å². The number of nitrogens with zero attached hydrogens (tertiary/aromatic N) is 1. The highest BCUT2D eigenvalue weighted by Crippen LogP contribution is 2.29. The predicted octanol–water partition coefficient (Wildman–Crippen LogP) is 5.65. The molecule has 180 valence electrons. The molecule has 2 N–H and O–H groups in total. The molecular weight excluding hydrogens is 440 g/mol. The summed E-state index contributed by atoms with van der Waals surface area (Å²) in [5, 5.41) is 14.6. The first-order chi connectivity index (χ1) is 16.9. The molecule has 4 aromatic rings. The third kappa shape index (κ3) is 5.08. The molecule has 0 radical (unpaired) electrons. The van der Waals surface area contributed by atoms with E-state index >= 15 is 0 Å². The molecule has 0 aliphatic rings. The number of aryl methyl sites for hydroxylation is 1. The maximum atomic E-state index is 12.5. The number of aromatic carboxylic acids is 1. The van der Waals surface area contributed by atoms with Gasteiger partial charge in [-0.1, -0.05) is 55.1 Å². The van der Waals surface area contributed by atoms with E-state index in [1.807, 2.05) is 66.1 Å². The molecule has 0 fully saturated rings. The van der Waals surface area contributed by atoms with Gasteiger partial charge in [-0.2, -0.15) is 0 Å². The van der Waals surface area contributed by atoms with Gasteiger partial charge in [0, 0.05) is 47.7 Å². The first-order valence-electron chi connectivity index (χ1n) is 11.4. The van der Waals surface area contributed by atoms with E-state index in [-0.39, 0.29) is 0 Å². The Kier molecular flexibility index (Phi) is 7.22. The number of carboxylic acid groups (broad SMARTS) is 1. The maximum absolute atomic E-state index is 12.5. The predicted molar refractivity (Wildman–Crippen MR) is 139 cm³/mol. The molecule has 1 heterocycles. The van der Waals surface area contributed by atoms with Crippen molar-refractivity contribution in [2.24, 2.45) is 0 Å². The number of ether oxygens (including phenoxy) is 2. The second-order valence-corrected chi connectivity index (χ2v) is 8.47. The molecule has 1 aromatic heterocycles. The fraction of sp³-hybridized carbons (Fsp3) is 0.207. The number of rotatable bonds is 10. The number of carboxylic acids is 1. The van der Waals surface area contributed by atoms with Crippen LogP contribution < -0.4 is 14.8 Å². The summed E-state index contributed by atoms with van der Waals surface area (Å²) in [4.78, 5) is 12.5. The molecule has 0 atom stereocenters. The molecule has 6 heteroatoms. The summed E-state index contributed by atoms with van der Waals surface area (Å²) in [6.07, 6.45) is 1.79. The first kappa shape index (κ1) is 24.1. The summed E-state index contributed by atoms with van der Waals surface area (Å²) in [6, 6.07) is 19.8. The molecule has 4 rings (SSSR count). The monoisotopic (exact) mass is 470 g/mol. The van der Waals surface area contributed by atoms with Gasteiger partial charge in [-0.3, -0.25) is 0 Å². The first-order valence-corrected chi connectivity index (χ1v) is 11.4. The third-order valence-electron chi connectivity index (χ3n) is 6.20. The SMILES string of the molecule is C=Cc1ccc(Cn2c(C(=O)O)c(CNCc3ccc(OC)cc3OC)c3ccc(C)cc32)cc1. The van der Waals surface area contributed by atoms with Crippen molar-refractivity contribution in [2.75, 3.05) is 14.2 Å². The van der Waals surface area contributed by atoms with E-state index in [4.69, 9.17) is 9.47 Å². The average molecular weight is 471 g/mol. The summed E-state index contributed by atoms with van der Waals surface area (Å²) in [5.41, 5.74) is 6.08. The number of fused-ring (bicyclic) bond motifs is 1. The minimum absolute atomic E-state index is 0.299. The fourth-order valence-electron chi connectivity index (χ4n) is 4.38. The van der Waals surface area contributed by atoms with E-state index in [0.717, 1.165) is 50.2 Å². The van der Waals surface area contributed by atoms with Gasteiger partial charge < -0.3 is 24.5 Å². The van der Waals surface area contributed by atoms with Gasteiger partial charge in [0.25, 0.3) is 0 Å². The van der Waals surface area contributed by atoms with Gasteiger partial charge in [-0.05, 0) is 35.7 Å². The van der Waals surface area contributed by atoms with Crippen molar-refractivity contribution in [3.63, 3.8) is 0 Å². The number of carbonyl (C=O) groups is 1. The summed E-state index contributed by atoms with van der Waals surface area (Å²) in [7, 11) is 3.24. The van der Waals surface area contributed by atoms with Crippen LogP contribution in [0.25, 0.3) is 17.0 Å².